The van der Waals surface area contributed by atoms with Crippen LogP contribution in [0.2, 0.25) is 0 Å². The largest absolute Gasteiger partial charge is 0.352 e. The minimum absolute atomic E-state index is 0.0152. The number of anilines is 1. The second kappa shape index (κ2) is 7.58. The van der Waals surface area contributed by atoms with Gasteiger partial charge in [0.25, 0.3) is 0 Å². The lowest BCUT2D eigenvalue weighted by molar-refractivity contribution is -0.126. The van der Waals surface area contributed by atoms with Crippen molar-refractivity contribution in [3.63, 3.8) is 0 Å². The van der Waals surface area contributed by atoms with E-state index in [0.717, 1.165) is 18.4 Å². The van der Waals surface area contributed by atoms with Gasteiger partial charge in [-0.25, -0.2) is 13.2 Å². The molecule has 10 heteroatoms. The van der Waals surface area contributed by atoms with Crippen molar-refractivity contribution in [2.24, 2.45) is 5.73 Å². The molecule has 4 rings (SSSR count). The van der Waals surface area contributed by atoms with Crippen LogP contribution in [-0.4, -0.2) is 74.4 Å². The first-order valence-electron chi connectivity index (χ1n) is 10.0. The van der Waals surface area contributed by atoms with E-state index < -0.39 is 16.1 Å². The highest BCUT2D eigenvalue weighted by Gasteiger charge is 2.34. The minimum Gasteiger partial charge on any atom is -0.352 e. The Bertz CT molecular complexity index is 923. The van der Waals surface area contributed by atoms with E-state index in [1.165, 1.54) is 15.3 Å². The zero-order valence-electron chi connectivity index (χ0n) is 16.5. The van der Waals surface area contributed by atoms with Crippen LogP contribution in [0.5, 0.6) is 0 Å². The number of nitrogens with zero attached hydrogens (tertiary/aromatic N) is 3. The van der Waals surface area contributed by atoms with E-state index in [-0.39, 0.29) is 16.8 Å². The number of primary amides is 1. The lowest BCUT2D eigenvalue weighted by Crippen LogP contribution is -2.55. The van der Waals surface area contributed by atoms with Crippen molar-refractivity contribution in [3.05, 3.63) is 23.8 Å². The summed E-state index contributed by atoms with van der Waals surface area (Å²) < 4.78 is 27.6. The average Bonchev–Trinajstić information content (AvgIpc) is 3.41. The predicted octanol–water partition coefficient (Wildman–Crippen LogP) is 0.101. The summed E-state index contributed by atoms with van der Waals surface area (Å²) in [7, 11) is -3.63. The molecule has 9 nitrogen and oxygen atoms in total. The Morgan fingerprint density at radius 2 is 1.83 bits per heavy atom. The zero-order valence-corrected chi connectivity index (χ0v) is 17.3. The van der Waals surface area contributed by atoms with Crippen LogP contribution in [0.1, 0.15) is 25.3 Å². The van der Waals surface area contributed by atoms with E-state index in [1.807, 2.05) is 11.8 Å². The minimum atomic E-state index is -3.63. The van der Waals surface area contributed by atoms with E-state index in [1.54, 1.807) is 12.1 Å². The molecular weight excluding hydrogens is 394 g/mol. The van der Waals surface area contributed by atoms with E-state index in [0.29, 0.717) is 50.9 Å². The van der Waals surface area contributed by atoms with Crippen LogP contribution >= 0.6 is 0 Å². The molecule has 3 N–H and O–H groups in total. The number of amides is 3. The molecule has 0 radical (unpaired) electrons. The summed E-state index contributed by atoms with van der Waals surface area (Å²) in [6, 6.07) is 4.35. The van der Waals surface area contributed by atoms with Crippen LogP contribution < -0.4 is 16.0 Å². The molecule has 0 bridgehead atoms. The predicted molar refractivity (Wildman–Crippen MR) is 108 cm³/mol. The van der Waals surface area contributed by atoms with Gasteiger partial charge < -0.3 is 11.1 Å². The number of nitrogens with two attached hydrogens (primary N) is 1. The Morgan fingerprint density at radius 1 is 1.14 bits per heavy atom. The molecule has 0 aromatic heterocycles. The highest BCUT2D eigenvalue weighted by Crippen LogP contribution is 2.31. The van der Waals surface area contributed by atoms with Gasteiger partial charge in [-0.3, -0.25) is 14.6 Å². The van der Waals surface area contributed by atoms with Crippen LogP contribution in [0.25, 0.3) is 0 Å². The third kappa shape index (κ3) is 3.96. The third-order valence-corrected chi connectivity index (χ3v) is 7.87. The van der Waals surface area contributed by atoms with Crippen molar-refractivity contribution < 1.29 is 18.0 Å². The molecule has 3 amide bonds. The van der Waals surface area contributed by atoms with Crippen molar-refractivity contribution in [1.82, 2.24) is 14.5 Å². The third-order valence-electron chi connectivity index (χ3n) is 5.97. The molecular formula is C19H27N5O4S. The number of fused-ring (bicyclic) bond motifs is 1. The lowest BCUT2D eigenvalue weighted by Gasteiger charge is -2.36. The number of carbonyl (C=O) groups excluding carboxylic acids is 2. The molecule has 158 valence electrons. The van der Waals surface area contributed by atoms with Gasteiger partial charge in [0.15, 0.2) is 0 Å². The van der Waals surface area contributed by atoms with Gasteiger partial charge in [-0.05, 0) is 49.9 Å². The van der Waals surface area contributed by atoms with E-state index in [4.69, 9.17) is 5.73 Å². The number of nitrogens with one attached hydrogen (secondary N) is 1. The fraction of sp³-hybridized carbons (Fsp3) is 0.579. The van der Waals surface area contributed by atoms with Crippen molar-refractivity contribution in [2.45, 2.75) is 43.2 Å². The van der Waals surface area contributed by atoms with Gasteiger partial charge in [0.05, 0.1) is 10.9 Å². The van der Waals surface area contributed by atoms with Crippen molar-refractivity contribution in [2.75, 3.05) is 37.6 Å². The average molecular weight is 422 g/mol. The number of benzene rings is 1. The van der Waals surface area contributed by atoms with Crippen LogP contribution in [0.15, 0.2) is 23.1 Å². The quantitative estimate of drug-likeness (QED) is 0.700. The molecule has 3 aliphatic rings. The highest BCUT2D eigenvalue weighted by atomic mass is 32.2. The smallest absolute Gasteiger partial charge is 0.319 e. The first-order valence-corrected chi connectivity index (χ1v) is 11.5. The van der Waals surface area contributed by atoms with Crippen molar-refractivity contribution in [1.29, 1.82) is 0 Å². The van der Waals surface area contributed by atoms with Crippen LogP contribution in [-0.2, 0) is 21.2 Å². The van der Waals surface area contributed by atoms with Crippen LogP contribution in [0, 0.1) is 0 Å². The van der Waals surface area contributed by atoms with Gasteiger partial charge >= 0.3 is 6.03 Å². The normalized spacial score (nSPS) is 21.6. The van der Waals surface area contributed by atoms with Gasteiger partial charge in [-0.1, -0.05) is 0 Å². The molecule has 1 aromatic carbocycles. The molecule has 2 aliphatic heterocycles. The van der Waals surface area contributed by atoms with E-state index in [2.05, 4.69) is 5.32 Å². The first-order chi connectivity index (χ1) is 13.8. The van der Waals surface area contributed by atoms with Crippen molar-refractivity contribution >= 4 is 27.6 Å². The molecule has 1 atom stereocenters. The van der Waals surface area contributed by atoms with Gasteiger partial charge in [-0.2, -0.15) is 4.31 Å². The molecule has 1 aromatic rings. The molecule has 2 heterocycles. The van der Waals surface area contributed by atoms with Gasteiger partial charge in [0.2, 0.25) is 15.9 Å². The number of rotatable bonds is 5. The number of piperazine rings is 1. The highest BCUT2D eigenvalue weighted by molar-refractivity contribution is 7.89. The first kappa shape index (κ1) is 20.1. The monoisotopic (exact) mass is 421 g/mol. The Kier molecular flexibility index (Phi) is 5.26. The maximum atomic E-state index is 13.1. The fourth-order valence-electron chi connectivity index (χ4n) is 3.96. The summed E-state index contributed by atoms with van der Waals surface area (Å²) in [5.74, 6) is 0.0152. The Balaban J connectivity index is 1.41. The number of hydrogen-bond acceptors (Lipinski definition) is 5. The Hall–Kier alpha value is -2.17. The van der Waals surface area contributed by atoms with Crippen LogP contribution in [0.4, 0.5) is 10.5 Å². The summed E-state index contributed by atoms with van der Waals surface area (Å²) in [6.07, 6.45) is 2.67. The number of hydrogen-bond donors (Lipinski definition) is 2. The molecule has 1 saturated carbocycles. The maximum absolute atomic E-state index is 13.1. The molecule has 0 spiro atoms. The molecule has 2 fully saturated rings. The van der Waals surface area contributed by atoms with Gasteiger partial charge in [0, 0.05) is 44.5 Å². The van der Waals surface area contributed by atoms with Gasteiger partial charge in [-0.15, -0.1) is 0 Å². The van der Waals surface area contributed by atoms with Crippen molar-refractivity contribution in [3.8, 4) is 0 Å². The summed E-state index contributed by atoms with van der Waals surface area (Å²) in [6.45, 7) is 4.04. The molecule has 1 unspecified atom stereocenters. The summed E-state index contributed by atoms with van der Waals surface area (Å²) in [5, 5.41) is 3.00. The molecule has 1 aliphatic carbocycles. The summed E-state index contributed by atoms with van der Waals surface area (Å²) in [5.41, 5.74) is 6.86. The van der Waals surface area contributed by atoms with Gasteiger partial charge in [0.1, 0.15) is 0 Å². The Labute approximate surface area is 170 Å². The number of urea groups is 1. The SMILES string of the molecule is CC(C(=O)NC1CC1)N1CCN(S(=O)(=O)c2ccc3c(c2)CCN3C(N)=O)CC1. The second-order valence-corrected chi connectivity index (χ2v) is 9.87. The molecule has 1 saturated heterocycles. The number of carbonyl (C=O) groups is 2. The van der Waals surface area contributed by atoms with E-state index in [9.17, 15) is 18.0 Å². The topological polar surface area (TPSA) is 116 Å². The zero-order chi connectivity index (χ0) is 20.8. The summed E-state index contributed by atoms with van der Waals surface area (Å²) >= 11 is 0. The lowest BCUT2D eigenvalue weighted by atomic mass is 10.2. The second-order valence-electron chi connectivity index (χ2n) is 7.93. The standard InChI is InChI=1S/C19H27N5O4S/c1-13(18(25)21-15-2-3-15)22-8-10-23(11-9-22)29(27,28)16-4-5-17-14(12-16)6-7-24(17)19(20)26/h4-5,12-13,15H,2-3,6-11H2,1H3,(H2,20,26)(H,21,25). The molecule has 29 heavy (non-hydrogen) atoms. The Morgan fingerprint density at radius 3 is 2.45 bits per heavy atom. The maximum Gasteiger partial charge on any atom is 0.319 e. The van der Waals surface area contributed by atoms with E-state index >= 15 is 0 Å². The van der Waals surface area contributed by atoms with Crippen LogP contribution in [0.3, 0.4) is 0 Å². The summed E-state index contributed by atoms with van der Waals surface area (Å²) in [4.78, 5) is 27.4. The fourth-order valence-corrected chi connectivity index (χ4v) is 5.44. The number of sulfonamides is 1.